The molecular formula is C18H14N2. The van der Waals surface area contributed by atoms with Gasteiger partial charge in [0.1, 0.15) is 0 Å². The van der Waals surface area contributed by atoms with Gasteiger partial charge < -0.3 is 0 Å². The third-order valence-corrected chi connectivity index (χ3v) is 3.86. The standard InChI is InChI=1S/C18H14N2/c1-13-18(14-7-3-2-4-8-14)16-10-6-5-9-15(16)17-11-12-19-20(13)17/h2-12H,1H3. The van der Waals surface area contributed by atoms with Gasteiger partial charge in [0.25, 0.3) is 0 Å². The minimum atomic E-state index is 1.16. The molecule has 2 aromatic carbocycles. The maximum Gasteiger partial charge on any atom is 0.0743 e. The Morgan fingerprint density at radius 2 is 1.50 bits per heavy atom. The summed E-state index contributed by atoms with van der Waals surface area (Å²) in [6.45, 7) is 2.13. The van der Waals surface area contributed by atoms with Crippen LogP contribution in [0.5, 0.6) is 0 Å². The Hall–Kier alpha value is -2.61. The van der Waals surface area contributed by atoms with Crippen LogP contribution in [-0.4, -0.2) is 9.61 Å². The van der Waals surface area contributed by atoms with Crippen LogP contribution in [0.3, 0.4) is 0 Å². The Morgan fingerprint density at radius 1 is 0.800 bits per heavy atom. The summed E-state index contributed by atoms with van der Waals surface area (Å²) in [6, 6.07) is 21.1. The second kappa shape index (κ2) is 4.20. The van der Waals surface area contributed by atoms with E-state index in [2.05, 4.69) is 66.6 Å². The van der Waals surface area contributed by atoms with Gasteiger partial charge in [0.15, 0.2) is 0 Å². The summed E-state index contributed by atoms with van der Waals surface area (Å²) in [4.78, 5) is 0. The summed E-state index contributed by atoms with van der Waals surface area (Å²) in [5.41, 5.74) is 4.84. The molecule has 0 atom stereocenters. The predicted molar refractivity (Wildman–Crippen MR) is 82.9 cm³/mol. The molecule has 0 unspecified atom stereocenters. The van der Waals surface area contributed by atoms with Gasteiger partial charge in [-0.05, 0) is 23.9 Å². The first-order chi connectivity index (χ1) is 9.86. The molecule has 0 saturated carbocycles. The van der Waals surface area contributed by atoms with Crippen molar-refractivity contribution >= 4 is 16.3 Å². The number of benzene rings is 2. The van der Waals surface area contributed by atoms with Crippen molar-refractivity contribution in [3.05, 3.63) is 72.6 Å². The summed E-state index contributed by atoms with van der Waals surface area (Å²) < 4.78 is 2.03. The molecule has 0 radical (unpaired) electrons. The second-order valence-electron chi connectivity index (χ2n) is 5.00. The molecule has 2 aromatic heterocycles. The highest BCUT2D eigenvalue weighted by Crippen LogP contribution is 2.33. The molecule has 0 spiro atoms. The average Bonchev–Trinajstić information content (AvgIpc) is 2.99. The maximum atomic E-state index is 4.47. The van der Waals surface area contributed by atoms with E-state index in [1.165, 1.54) is 27.6 Å². The number of nitrogens with zero attached hydrogens (tertiary/aromatic N) is 2. The van der Waals surface area contributed by atoms with Gasteiger partial charge in [-0.1, -0.05) is 54.6 Å². The fourth-order valence-corrected chi connectivity index (χ4v) is 2.97. The molecule has 96 valence electrons. The summed E-state index contributed by atoms with van der Waals surface area (Å²) in [5, 5.41) is 7.00. The van der Waals surface area contributed by atoms with E-state index < -0.39 is 0 Å². The SMILES string of the molecule is Cc1c(-c2ccccc2)c2ccccc2c2ccnn12. The first-order valence-electron chi connectivity index (χ1n) is 6.77. The lowest BCUT2D eigenvalue weighted by Gasteiger charge is -2.13. The molecule has 2 nitrogen and oxygen atoms in total. The number of rotatable bonds is 1. The van der Waals surface area contributed by atoms with Crippen molar-refractivity contribution < 1.29 is 0 Å². The molecule has 0 aliphatic carbocycles. The van der Waals surface area contributed by atoms with E-state index in [1.807, 2.05) is 16.8 Å². The molecule has 0 aliphatic heterocycles. The van der Waals surface area contributed by atoms with Crippen LogP contribution in [-0.2, 0) is 0 Å². The highest BCUT2D eigenvalue weighted by atomic mass is 15.2. The largest absolute Gasteiger partial charge is 0.237 e. The summed E-state index contributed by atoms with van der Waals surface area (Å²) >= 11 is 0. The molecule has 0 saturated heterocycles. The third kappa shape index (κ3) is 1.48. The molecule has 20 heavy (non-hydrogen) atoms. The smallest absolute Gasteiger partial charge is 0.0743 e. The third-order valence-electron chi connectivity index (χ3n) is 3.86. The number of hydrogen-bond donors (Lipinski definition) is 0. The molecule has 0 aliphatic rings. The number of aromatic nitrogens is 2. The van der Waals surface area contributed by atoms with Gasteiger partial charge in [0, 0.05) is 16.6 Å². The van der Waals surface area contributed by atoms with Crippen LogP contribution >= 0.6 is 0 Å². The molecule has 0 fully saturated rings. The lowest BCUT2D eigenvalue weighted by Crippen LogP contribution is -1.98. The van der Waals surface area contributed by atoms with E-state index in [4.69, 9.17) is 0 Å². The van der Waals surface area contributed by atoms with Crippen molar-refractivity contribution in [2.45, 2.75) is 6.92 Å². The molecule has 0 bridgehead atoms. The van der Waals surface area contributed by atoms with Gasteiger partial charge in [-0.15, -0.1) is 0 Å². The highest BCUT2D eigenvalue weighted by molar-refractivity contribution is 6.05. The van der Waals surface area contributed by atoms with Gasteiger partial charge in [0.05, 0.1) is 11.7 Å². The molecule has 2 heterocycles. The molecule has 0 amide bonds. The van der Waals surface area contributed by atoms with E-state index >= 15 is 0 Å². The predicted octanol–water partition coefficient (Wildman–Crippen LogP) is 4.46. The maximum absolute atomic E-state index is 4.47. The van der Waals surface area contributed by atoms with Gasteiger partial charge >= 0.3 is 0 Å². The van der Waals surface area contributed by atoms with Crippen LogP contribution in [0.15, 0.2) is 66.9 Å². The first-order valence-corrected chi connectivity index (χ1v) is 6.77. The molecular weight excluding hydrogens is 244 g/mol. The van der Waals surface area contributed by atoms with Crippen molar-refractivity contribution in [3.8, 4) is 11.1 Å². The Bertz CT molecular complexity index is 905. The van der Waals surface area contributed by atoms with Crippen molar-refractivity contribution in [2.24, 2.45) is 0 Å². The fourth-order valence-electron chi connectivity index (χ4n) is 2.97. The van der Waals surface area contributed by atoms with Gasteiger partial charge in [-0.25, -0.2) is 4.52 Å². The number of pyridine rings is 1. The zero-order chi connectivity index (χ0) is 13.5. The van der Waals surface area contributed by atoms with E-state index in [9.17, 15) is 0 Å². The Morgan fingerprint density at radius 3 is 2.30 bits per heavy atom. The lowest BCUT2D eigenvalue weighted by molar-refractivity contribution is 0.922. The number of fused-ring (bicyclic) bond motifs is 3. The summed E-state index contributed by atoms with van der Waals surface area (Å²) in [7, 11) is 0. The molecule has 4 aromatic rings. The van der Waals surface area contributed by atoms with Crippen molar-refractivity contribution in [3.63, 3.8) is 0 Å². The van der Waals surface area contributed by atoms with Crippen molar-refractivity contribution in [1.82, 2.24) is 9.61 Å². The number of hydrogen-bond acceptors (Lipinski definition) is 1. The summed E-state index contributed by atoms with van der Waals surface area (Å²) in [6.07, 6.45) is 1.86. The topological polar surface area (TPSA) is 17.3 Å². The quantitative estimate of drug-likeness (QED) is 0.492. The van der Waals surface area contributed by atoms with E-state index in [0.29, 0.717) is 0 Å². The first kappa shape index (κ1) is 11.2. The average molecular weight is 258 g/mol. The van der Waals surface area contributed by atoms with Crippen LogP contribution in [0.1, 0.15) is 5.69 Å². The van der Waals surface area contributed by atoms with Gasteiger partial charge in [-0.3, -0.25) is 0 Å². The minimum Gasteiger partial charge on any atom is -0.237 e. The fraction of sp³-hybridized carbons (Fsp3) is 0.0556. The van der Waals surface area contributed by atoms with Gasteiger partial charge in [0.2, 0.25) is 0 Å². The zero-order valence-corrected chi connectivity index (χ0v) is 11.2. The lowest BCUT2D eigenvalue weighted by atomic mass is 9.97. The van der Waals surface area contributed by atoms with Crippen LogP contribution in [0, 0.1) is 6.92 Å². The number of aryl methyl sites for hydroxylation is 1. The van der Waals surface area contributed by atoms with E-state index in [0.717, 1.165) is 5.52 Å². The Labute approximate surface area is 117 Å². The van der Waals surface area contributed by atoms with Crippen LogP contribution in [0.4, 0.5) is 0 Å². The van der Waals surface area contributed by atoms with Gasteiger partial charge in [-0.2, -0.15) is 5.10 Å². The minimum absolute atomic E-state index is 1.16. The zero-order valence-electron chi connectivity index (χ0n) is 11.2. The molecule has 4 rings (SSSR count). The summed E-state index contributed by atoms with van der Waals surface area (Å²) in [5.74, 6) is 0. The monoisotopic (exact) mass is 258 g/mol. The Balaban J connectivity index is 2.25. The Kier molecular flexibility index (Phi) is 2.36. The van der Waals surface area contributed by atoms with E-state index in [1.54, 1.807) is 0 Å². The van der Waals surface area contributed by atoms with Crippen LogP contribution in [0.25, 0.3) is 27.4 Å². The normalized spacial score (nSPS) is 11.2. The molecule has 0 N–H and O–H groups in total. The molecule has 2 heteroatoms. The second-order valence-corrected chi connectivity index (χ2v) is 5.00. The van der Waals surface area contributed by atoms with E-state index in [-0.39, 0.29) is 0 Å². The van der Waals surface area contributed by atoms with Crippen LogP contribution in [0.2, 0.25) is 0 Å². The van der Waals surface area contributed by atoms with Crippen LogP contribution < -0.4 is 0 Å². The van der Waals surface area contributed by atoms with Crippen molar-refractivity contribution in [1.29, 1.82) is 0 Å². The van der Waals surface area contributed by atoms with Crippen molar-refractivity contribution in [2.75, 3.05) is 0 Å². The highest BCUT2D eigenvalue weighted by Gasteiger charge is 2.12.